The van der Waals surface area contributed by atoms with Gasteiger partial charge in [-0.2, -0.15) is 0 Å². The summed E-state index contributed by atoms with van der Waals surface area (Å²) in [7, 11) is 0. The number of fused-ring (bicyclic) bond motifs is 1. The van der Waals surface area contributed by atoms with Crippen LogP contribution in [0.5, 0.6) is 11.5 Å². The van der Waals surface area contributed by atoms with Crippen LogP contribution in [0.4, 0.5) is 4.79 Å². The number of nitrogens with one attached hydrogen (secondary N) is 2. The number of rotatable bonds is 6. The molecule has 0 bridgehead atoms. The van der Waals surface area contributed by atoms with E-state index in [1.165, 1.54) is 12.1 Å². The van der Waals surface area contributed by atoms with Gasteiger partial charge in [0.15, 0.2) is 11.5 Å². The van der Waals surface area contributed by atoms with Gasteiger partial charge in [0.05, 0.1) is 29.5 Å². The second kappa shape index (κ2) is 9.19. The van der Waals surface area contributed by atoms with E-state index in [2.05, 4.69) is 10.6 Å². The van der Waals surface area contributed by atoms with E-state index in [0.29, 0.717) is 22.1 Å². The lowest BCUT2D eigenvalue weighted by molar-refractivity contribution is -0.139. The van der Waals surface area contributed by atoms with Crippen LogP contribution in [0.25, 0.3) is 0 Å². The van der Waals surface area contributed by atoms with E-state index < -0.39 is 24.0 Å². The lowest BCUT2D eigenvalue weighted by atomic mass is 9.95. The molecule has 0 saturated heterocycles. The first-order valence-corrected chi connectivity index (χ1v) is 10.1. The van der Waals surface area contributed by atoms with Gasteiger partial charge in [0.2, 0.25) is 6.79 Å². The molecule has 2 amide bonds. The molecule has 1 atom stereocenters. The second-order valence-corrected chi connectivity index (χ2v) is 7.28. The minimum atomic E-state index is -0.806. The van der Waals surface area contributed by atoms with Crippen LogP contribution in [0.2, 0.25) is 5.02 Å². The van der Waals surface area contributed by atoms with Crippen LogP contribution in [0.1, 0.15) is 28.9 Å². The van der Waals surface area contributed by atoms with Gasteiger partial charge in [0.25, 0.3) is 0 Å². The van der Waals surface area contributed by atoms with Gasteiger partial charge in [-0.25, -0.2) is 14.4 Å². The first-order valence-electron chi connectivity index (χ1n) is 9.76. The van der Waals surface area contributed by atoms with E-state index in [1.807, 2.05) is 0 Å². The Kier molecular flexibility index (Phi) is 6.18. The third kappa shape index (κ3) is 4.47. The summed E-state index contributed by atoms with van der Waals surface area (Å²) >= 11 is 5.96. The number of esters is 2. The fraction of sp³-hybridized carbons (Fsp3) is 0.227. The molecule has 0 spiro atoms. The maximum atomic E-state index is 12.7. The molecule has 9 nitrogen and oxygen atoms in total. The van der Waals surface area contributed by atoms with E-state index in [4.69, 9.17) is 30.5 Å². The molecule has 2 aromatic rings. The maximum Gasteiger partial charge on any atom is 0.338 e. The monoisotopic (exact) mass is 458 g/mol. The van der Waals surface area contributed by atoms with E-state index in [9.17, 15) is 14.4 Å². The molecule has 10 heteroatoms. The summed E-state index contributed by atoms with van der Waals surface area (Å²) in [6.45, 7) is 1.53. The zero-order valence-corrected chi connectivity index (χ0v) is 17.7. The van der Waals surface area contributed by atoms with Gasteiger partial charge >= 0.3 is 18.0 Å². The molecule has 2 aromatic carbocycles. The summed E-state index contributed by atoms with van der Waals surface area (Å²) in [6, 6.07) is 9.95. The Balaban J connectivity index is 1.60. The number of benzene rings is 2. The van der Waals surface area contributed by atoms with Gasteiger partial charge in [-0.3, -0.25) is 0 Å². The van der Waals surface area contributed by atoms with E-state index >= 15 is 0 Å². The highest BCUT2D eigenvalue weighted by Gasteiger charge is 2.34. The molecule has 2 heterocycles. The van der Waals surface area contributed by atoms with Gasteiger partial charge < -0.3 is 29.6 Å². The van der Waals surface area contributed by atoms with Crippen molar-refractivity contribution in [2.75, 3.05) is 20.0 Å². The lowest BCUT2D eigenvalue weighted by Gasteiger charge is -2.29. The summed E-state index contributed by atoms with van der Waals surface area (Å²) in [5.74, 6) is -0.335. The highest BCUT2D eigenvalue weighted by atomic mass is 35.5. The number of hydrogen-bond acceptors (Lipinski definition) is 7. The number of ether oxygens (including phenoxy) is 4. The van der Waals surface area contributed by atoms with E-state index in [-0.39, 0.29) is 36.8 Å². The topological polar surface area (TPSA) is 112 Å². The van der Waals surface area contributed by atoms with Crippen molar-refractivity contribution in [3.63, 3.8) is 0 Å². The largest absolute Gasteiger partial charge is 0.463 e. The Bertz CT molecular complexity index is 1100. The average molecular weight is 459 g/mol. The summed E-state index contributed by atoms with van der Waals surface area (Å²) in [6.07, 6.45) is 0. The molecular formula is C22H19ClN2O7. The molecule has 1 unspecified atom stereocenters. The first-order chi connectivity index (χ1) is 15.5. The van der Waals surface area contributed by atoms with Gasteiger partial charge in [-0.05, 0) is 42.8 Å². The third-order valence-electron chi connectivity index (χ3n) is 4.81. The molecule has 0 radical (unpaired) electrons. The molecule has 32 heavy (non-hydrogen) atoms. The van der Waals surface area contributed by atoms with Gasteiger partial charge in [0.1, 0.15) is 6.61 Å². The molecule has 0 fully saturated rings. The summed E-state index contributed by atoms with van der Waals surface area (Å²) < 4.78 is 21.1. The zero-order valence-electron chi connectivity index (χ0n) is 17.0. The summed E-state index contributed by atoms with van der Waals surface area (Å²) in [4.78, 5) is 37.6. The van der Waals surface area contributed by atoms with Crippen LogP contribution >= 0.6 is 11.6 Å². The Hall–Kier alpha value is -3.72. The number of carbonyl (C=O) groups excluding carboxylic acids is 3. The van der Waals surface area contributed by atoms with E-state index in [0.717, 1.165) is 0 Å². The smallest absolute Gasteiger partial charge is 0.338 e. The maximum absolute atomic E-state index is 12.7. The third-order valence-corrected chi connectivity index (χ3v) is 5.06. The number of hydrogen-bond donors (Lipinski definition) is 2. The van der Waals surface area contributed by atoms with Crippen molar-refractivity contribution in [3.8, 4) is 11.5 Å². The van der Waals surface area contributed by atoms with Crippen molar-refractivity contribution < 1.29 is 33.3 Å². The predicted octanol–water partition coefficient (Wildman–Crippen LogP) is 3.10. The van der Waals surface area contributed by atoms with Crippen molar-refractivity contribution in [1.29, 1.82) is 0 Å². The van der Waals surface area contributed by atoms with Crippen LogP contribution < -0.4 is 20.1 Å². The van der Waals surface area contributed by atoms with Crippen LogP contribution in [-0.2, 0) is 14.3 Å². The lowest BCUT2D eigenvalue weighted by Crippen LogP contribution is -2.47. The molecule has 2 aliphatic rings. The Labute approximate surface area is 188 Å². The predicted molar refractivity (Wildman–Crippen MR) is 112 cm³/mol. The highest BCUT2D eigenvalue weighted by Crippen LogP contribution is 2.33. The summed E-state index contributed by atoms with van der Waals surface area (Å²) in [5.41, 5.74) is 1.11. The van der Waals surface area contributed by atoms with Crippen LogP contribution in [0, 0.1) is 0 Å². The standard InChI is InChI=1S/C22H19ClN2O7/c1-2-29-21(27)18-15(24-22(28)25-19(18)12-3-6-14(23)7-4-12)10-30-20(26)13-5-8-16-17(9-13)32-11-31-16/h3-9,19H,2,10-11H2,1H3,(H2,24,25,28). The van der Waals surface area contributed by atoms with Crippen molar-refractivity contribution in [1.82, 2.24) is 10.6 Å². The SMILES string of the molecule is CCOC(=O)C1=C(COC(=O)c2ccc3c(c2)OCO3)NC(=O)NC1c1ccc(Cl)cc1. The van der Waals surface area contributed by atoms with Gasteiger partial charge in [-0.15, -0.1) is 0 Å². The Morgan fingerprint density at radius 3 is 2.56 bits per heavy atom. The van der Waals surface area contributed by atoms with Crippen molar-refractivity contribution in [3.05, 3.63) is 69.9 Å². The number of amides is 2. The average Bonchev–Trinajstić information content (AvgIpc) is 3.25. The first kappa shape index (κ1) is 21.5. The normalized spacial score (nSPS) is 16.8. The Morgan fingerprint density at radius 1 is 1.06 bits per heavy atom. The fourth-order valence-electron chi connectivity index (χ4n) is 3.33. The summed E-state index contributed by atoms with van der Waals surface area (Å²) in [5, 5.41) is 5.75. The minimum Gasteiger partial charge on any atom is -0.463 e. The van der Waals surface area contributed by atoms with Crippen molar-refractivity contribution >= 4 is 29.6 Å². The second-order valence-electron chi connectivity index (χ2n) is 6.84. The van der Waals surface area contributed by atoms with Crippen molar-refractivity contribution in [2.45, 2.75) is 13.0 Å². The van der Waals surface area contributed by atoms with E-state index in [1.54, 1.807) is 37.3 Å². The van der Waals surface area contributed by atoms with Gasteiger partial charge in [0, 0.05) is 5.02 Å². The molecule has 0 aliphatic carbocycles. The van der Waals surface area contributed by atoms with Crippen LogP contribution in [0.3, 0.4) is 0 Å². The molecule has 166 valence electrons. The molecule has 4 rings (SSSR count). The quantitative estimate of drug-likeness (QED) is 0.639. The van der Waals surface area contributed by atoms with Crippen molar-refractivity contribution in [2.24, 2.45) is 0 Å². The fourth-order valence-corrected chi connectivity index (χ4v) is 3.46. The van der Waals surface area contributed by atoms with Crippen LogP contribution in [-0.4, -0.2) is 38.0 Å². The molecular weight excluding hydrogens is 440 g/mol. The molecule has 0 saturated carbocycles. The Morgan fingerprint density at radius 2 is 1.81 bits per heavy atom. The van der Waals surface area contributed by atoms with Gasteiger partial charge in [-0.1, -0.05) is 23.7 Å². The minimum absolute atomic E-state index is 0.0781. The molecule has 2 aliphatic heterocycles. The number of carbonyl (C=O) groups is 3. The number of halogens is 1. The van der Waals surface area contributed by atoms with Crippen LogP contribution in [0.15, 0.2) is 53.7 Å². The highest BCUT2D eigenvalue weighted by molar-refractivity contribution is 6.30. The zero-order chi connectivity index (χ0) is 22.7. The molecule has 2 N–H and O–H groups in total. The number of urea groups is 1. The molecule has 0 aromatic heterocycles.